The van der Waals surface area contributed by atoms with Crippen LogP contribution in [-0.2, 0) is 9.59 Å². The summed E-state index contributed by atoms with van der Waals surface area (Å²) in [7, 11) is 0. The van der Waals surface area contributed by atoms with Crippen LogP contribution in [-0.4, -0.2) is 73.2 Å². The Hall–Kier alpha value is -3.88. The van der Waals surface area contributed by atoms with E-state index in [1.807, 2.05) is 34.1 Å². The van der Waals surface area contributed by atoms with Crippen LogP contribution < -0.4 is 0 Å². The van der Waals surface area contributed by atoms with Gasteiger partial charge in [0.2, 0.25) is 11.7 Å². The lowest BCUT2D eigenvalue weighted by Crippen LogP contribution is -2.44. The number of aromatic amines is 1. The van der Waals surface area contributed by atoms with E-state index in [9.17, 15) is 9.59 Å². The summed E-state index contributed by atoms with van der Waals surface area (Å²) in [5.74, 6) is 2.36. The van der Waals surface area contributed by atoms with Gasteiger partial charge in [-0.1, -0.05) is 61.4 Å². The number of tetrazole rings is 1. The average molecular weight is 510 g/mol. The first-order valence-corrected chi connectivity index (χ1v) is 13.7. The van der Waals surface area contributed by atoms with Gasteiger partial charge in [0.1, 0.15) is 11.4 Å². The van der Waals surface area contributed by atoms with E-state index in [2.05, 4.69) is 44.9 Å². The summed E-state index contributed by atoms with van der Waals surface area (Å²) in [6, 6.07) is 16.4. The molecule has 3 heterocycles. The van der Waals surface area contributed by atoms with Crippen molar-refractivity contribution >= 4 is 17.6 Å². The van der Waals surface area contributed by atoms with Gasteiger partial charge in [-0.05, 0) is 54.4 Å². The van der Waals surface area contributed by atoms with Crippen molar-refractivity contribution in [3.8, 4) is 22.5 Å². The molecule has 1 saturated heterocycles. The molecule has 1 atom stereocenters. The van der Waals surface area contributed by atoms with Gasteiger partial charge in [-0.3, -0.25) is 19.5 Å². The van der Waals surface area contributed by atoms with Crippen molar-refractivity contribution in [1.29, 1.82) is 0 Å². The third-order valence-electron chi connectivity index (χ3n) is 8.58. The van der Waals surface area contributed by atoms with E-state index >= 15 is 0 Å². The van der Waals surface area contributed by atoms with E-state index in [-0.39, 0.29) is 11.8 Å². The first-order valence-electron chi connectivity index (χ1n) is 13.7. The molecule has 4 aliphatic rings. The van der Waals surface area contributed by atoms with Crippen molar-refractivity contribution in [2.75, 3.05) is 19.6 Å². The summed E-state index contributed by atoms with van der Waals surface area (Å²) in [5, 5.41) is 14.2. The van der Waals surface area contributed by atoms with E-state index in [4.69, 9.17) is 4.99 Å². The lowest BCUT2D eigenvalue weighted by molar-refractivity contribution is -0.131. The van der Waals surface area contributed by atoms with Crippen LogP contribution >= 0.6 is 0 Å². The topological polar surface area (TPSA) is 107 Å². The lowest BCUT2D eigenvalue weighted by Gasteiger charge is -2.25. The number of amides is 2. The zero-order valence-electron chi connectivity index (χ0n) is 21.3. The molecule has 9 nitrogen and oxygen atoms in total. The third kappa shape index (κ3) is 4.10. The molecule has 1 spiro atoms. The number of hydrogen-bond acceptors (Lipinski definition) is 6. The molecule has 0 bridgehead atoms. The molecule has 0 unspecified atom stereocenters. The molecule has 194 valence electrons. The summed E-state index contributed by atoms with van der Waals surface area (Å²) in [6.45, 7) is 2.19. The molecule has 2 saturated carbocycles. The monoisotopic (exact) mass is 509 g/mol. The van der Waals surface area contributed by atoms with Gasteiger partial charge >= 0.3 is 0 Å². The van der Waals surface area contributed by atoms with Crippen LogP contribution in [0.5, 0.6) is 0 Å². The third-order valence-corrected chi connectivity index (χ3v) is 8.58. The minimum Gasteiger partial charge on any atom is -0.342 e. The fraction of sp³-hybridized carbons (Fsp3) is 0.448. The highest BCUT2D eigenvalue weighted by Crippen LogP contribution is 2.41. The van der Waals surface area contributed by atoms with Crippen LogP contribution in [0.15, 0.2) is 53.5 Å². The summed E-state index contributed by atoms with van der Waals surface area (Å²) in [5.41, 5.74) is 3.45. The second-order valence-electron chi connectivity index (χ2n) is 11.2. The van der Waals surface area contributed by atoms with Crippen molar-refractivity contribution in [3.05, 3.63) is 54.1 Å². The molecule has 2 aliphatic heterocycles. The molecule has 2 amide bonds. The van der Waals surface area contributed by atoms with Gasteiger partial charge in [-0.15, -0.1) is 10.2 Å². The number of H-pyrrole nitrogens is 1. The number of nitrogens with zero attached hydrogens (tertiary/aromatic N) is 6. The van der Waals surface area contributed by atoms with Crippen LogP contribution in [0.1, 0.15) is 50.5 Å². The molecule has 9 heteroatoms. The van der Waals surface area contributed by atoms with Gasteiger partial charge in [-0.25, -0.2) is 0 Å². The van der Waals surface area contributed by atoms with Gasteiger partial charge in [-0.2, -0.15) is 5.21 Å². The van der Waals surface area contributed by atoms with Crippen molar-refractivity contribution in [3.63, 3.8) is 0 Å². The normalized spacial score (nSPS) is 22.5. The number of hydrogen-bond donors (Lipinski definition) is 1. The molecule has 3 aromatic rings. The second-order valence-corrected chi connectivity index (χ2v) is 11.2. The highest BCUT2D eigenvalue weighted by Gasteiger charge is 2.50. The molecule has 1 aromatic heterocycles. The molecule has 2 aromatic carbocycles. The highest BCUT2D eigenvalue weighted by atomic mass is 16.2. The summed E-state index contributed by atoms with van der Waals surface area (Å²) < 4.78 is 0. The Balaban J connectivity index is 1.11. The number of likely N-dealkylation sites (tertiary alicyclic amines) is 1. The molecular weight excluding hydrogens is 478 g/mol. The smallest absolute Gasteiger partial charge is 0.256 e. The van der Waals surface area contributed by atoms with Gasteiger partial charge < -0.3 is 4.90 Å². The van der Waals surface area contributed by atoms with Crippen LogP contribution in [0, 0.1) is 11.8 Å². The minimum atomic E-state index is -0.596. The molecule has 0 radical (unpaired) electrons. The van der Waals surface area contributed by atoms with Crippen molar-refractivity contribution < 1.29 is 9.59 Å². The number of carbonyl (C=O) groups is 2. The van der Waals surface area contributed by atoms with Crippen LogP contribution in [0.2, 0.25) is 0 Å². The van der Waals surface area contributed by atoms with Gasteiger partial charge in [0, 0.05) is 36.7 Å². The zero-order valence-corrected chi connectivity index (χ0v) is 21.3. The predicted octanol–water partition coefficient (Wildman–Crippen LogP) is 3.69. The molecule has 2 aliphatic carbocycles. The first kappa shape index (κ1) is 23.3. The fourth-order valence-electron chi connectivity index (χ4n) is 6.27. The van der Waals surface area contributed by atoms with Crippen molar-refractivity contribution in [1.82, 2.24) is 30.4 Å². The number of carbonyl (C=O) groups excluding carboxylic acids is 2. The maximum atomic E-state index is 13.8. The van der Waals surface area contributed by atoms with Crippen LogP contribution in [0.4, 0.5) is 0 Å². The number of benzene rings is 2. The average Bonchev–Trinajstić information content (AvgIpc) is 3.33. The largest absolute Gasteiger partial charge is 0.342 e. The van der Waals surface area contributed by atoms with Crippen LogP contribution in [0.25, 0.3) is 22.5 Å². The number of aliphatic imine (C=N–C) groups is 1. The van der Waals surface area contributed by atoms with Crippen LogP contribution in [0.3, 0.4) is 0 Å². The number of rotatable bonds is 6. The van der Waals surface area contributed by atoms with E-state index in [1.165, 1.54) is 0 Å². The SMILES string of the molecule is O=C(C1CC1)N1CC[C@@H](CN2C(=O)C3(CCCC3)N=C2c2ccc(-c3ccc(-c4nn[nH]n4)cc3)cc2)C1. The minimum absolute atomic E-state index is 0.151. The Bertz CT molecular complexity index is 1370. The van der Waals surface area contributed by atoms with E-state index < -0.39 is 5.54 Å². The first-order chi connectivity index (χ1) is 18.6. The predicted molar refractivity (Wildman–Crippen MR) is 142 cm³/mol. The van der Waals surface area contributed by atoms with Gasteiger partial charge in [0.25, 0.3) is 5.91 Å². The maximum Gasteiger partial charge on any atom is 0.256 e. The molecule has 3 fully saturated rings. The Morgan fingerprint density at radius 2 is 1.58 bits per heavy atom. The van der Waals surface area contributed by atoms with E-state index in [1.54, 1.807) is 0 Å². The second kappa shape index (κ2) is 9.15. The number of nitrogens with one attached hydrogen (secondary N) is 1. The Kier molecular flexibility index (Phi) is 5.60. The maximum absolute atomic E-state index is 13.8. The lowest BCUT2D eigenvalue weighted by atomic mass is 9.97. The van der Waals surface area contributed by atoms with Crippen molar-refractivity contribution in [2.24, 2.45) is 16.8 Å². The van der Waals surface area contributed by atoms with E-state index in [0.717, 1.165) is 86.1 Å². The zero-order chi connectivity index (χ0) is 25.7. The standard InChI is InChI=1S/C29H31N7O2/c37-27(24-11-12-24)35-16-13-19(17-35)18-36-26(30-29(28(36)38)14-1-2-15-29)23-9-5-21(6-10-23)20-3-7-22(8-4-20)25-31-33-34-32-25/h3-10,19,24H,1-2,11-18H2,(H,31,32,33,34)/t19-/m1/s1. The molecule has 7 rings (SSSR count). The number of amidine groups is 1. The summed E-state index contributed by atoms with van der Waals surface area (Å²) in [6.07, 6.45) is 6.75. The fourth-order valence-corrected chi connectivity index (χ4v) is 6.27. The van der Waals surface area contributed by atoms with E-state index in [0.29, 0.717) is 24.2 Å². The highest BCUT2D eigenvalue weighted by molar-refractivity contribution is 6.15. The van der Waals surface area contributed by atoms with Crippen molar-refractivity contribution in [2.45, 2.75) is 50.5 Å². The quantitative estimate of drug-likeness (QED) is 0.545. The Morgan fingerprint density at radius 1 is 0.921 bits per heavy atom. The molecule has 38 heavy (non-hydrogen) atoms. The van der Waals surface area contributed by atoms with Gasteiger partial charge in [0.15, 0.2) is 0 Å². The Morgan fingerprint density at radius 3 is 2.21 bits per heavy atom. The van der Waals surface area contributed by atoms with Gasteiger partial charge in [0.05, 0.1) is 0 Å². The Labute approximate surface area is 221 Å². The number of aromatic nitrogens is 4. The molecule has 1 N–H and O–H groups in total. The summed E-state index contributed by atoms with van der Waals surface area (Å²) in [4.78, 5) is 35.4. The molecular formula is C29H31N7O2. The summed E-state index contributed by atoms with van der Waals surface area (Å²) >= 11 is 0.